The maximum absolute atomic E-state index is 11.9. The van der Waals surface area contributed by atoms with Gasteiger partial charge in [-0.15, -0.1) is 0 Å². The zero-order valence-electron chi connectivity index (χ0n) is 9.07. The topological polar surface area (TPSA) is 55.6 Å². The van der Waals surface area contributed by atoms with E-state index in [1.165, 1.54) is 0 Å². The quantitative estimate of drug-likeness (QED) is 0.717. The summed E-state index contributed by atoms with van der Waals surface area (Å²) in [5.41, 5.74) is 5.39. The highest BCUT2D eigenvalue weighted by Crippen LogP contribution is 2.16. The van der Waals surface area contributed by atoms with Gasteiger partial charge in [0.15, 0.2) is 0 Å². The predicted octanol–water partition coefficient (Wildman–Crippen LogP) is 0.548. The van der Waals surface area contributed by atoms with Gasteiger partial charge in [0.1, 0.15) is 0 Å². The van der Waals surface area contributed by atoms with E-state index in [1.54, 1.807) is 11.9 Å². The summed E-state index contributed by atoms with van der Waals surface area (Å²) in [5, 5.41) is 0. The molecular formula is C10H18N2O2S. The summed E-state index contributed by atoms with van der Waals surface area (Å²) < 4.78 is 5.22. The fraction of sp³-hybridized carbons (Fsp3) is 0.800. The largest absolute Gasteiger partial charge is 0.393 e. The Morgan fingerprint density at radius 1 is 1.53 bits per heavy atom. The molecule has 1 aliphatic heterocycles. The van der Waals surface area contributed by atoms with E-state index in [2.05, 4.69) is 0 Å². The van der Waals surface area contributed by atoms with Crippen LogP contribution in [-0.4, -0.2) is 42.6 Å². The summed E-state index contributed by atoms with van der Waals surface area (Å²) in [6, 6.07) is 0. The third-order valence-corrected chi connectivity index (χ3v) is 2.84. The van der Waals surface area contributed by atoms with Crippen LogP contribution in [0.5, 0.6) is 0 Å². The van der Waals surface area contributed by atoms with E-state index < -0.39 is 0 Å². The number of ether oxygens (including phenoxy) is 1. The van der Waals surface area contributed by atoms with E-state index in [0.29, 0.717) is 31.2 Å². The summed E-state index contributed by atoms with van der Waals surface area (Å²) in [5.74, 6) is 0.310. The van der Waals surface area contributed by atoms with Crippen LogP contribution in [0.25, 0.3) is 0 Å². The maximum atomic E-state index is 11.9. The summed E-state index contributed by atoms with van der Waals surface area (Å²) >= 11 is 4.78. The number of carbonyl (C=O) groups excluding carboxylic acids is 1. The van der Waals surface area contributed by atoms with Crippen molar-refractivity contribution in [3.63, 3.8) is 0 Å². The van der Waals surface area contributed by atoms with Gasteiger partial charge in [-0.2, -0.15) is 0 Å². The lowest BCUT2D eigenvalue weighted by Crippen LogP contribution is -2.37. The fourth-order valence-corrected chi connectivity index (χ4v) is 1.74. The highest BCUT2D eigenvalue weighted by molar-refractivity contribution is 7.80. The van der Waals surface area contributed by atoms with Crippen molar-refractivity contribution in [2.24, 2.45) is 11.7 Å². The lowest BCUT2D eigenvalue weighted by Gasteiger charge is -2.26. The number of hydrogen-bond donors (Lipinski definition) is 1. The molecule has 4 nitrogen and oxygen atoms in total. The number of rotatable bonds is 4. The molecule has 86 valence electrons. The minimum Gasteiger partial charge on any atom is -0.393 e. The molecule has 0 spiro atoms. The Balaban J connectivity index is 2.33. The Morgan fingerprint density at radius 2 is 2.13 bits per heavy atom. The number of carbonyl (C=O) groups is 1. The van der Waals surface area contributed by atoms with Crippen molar-refractivity contribution in [1.82, 2.24) is 4.90 Å². The molecular weight excluding hydrogens is 212 g/mol. The van der Waals surface area contributed by atoms with Gasteiger partial charge in [0.25, 0.3) is 0 Å². The van der Waals surface area contributed by atoms with Gasteiger partial charge in [0.05, 0.1) is 4.99 Å². The molecule has 0 aromatic rings. The number of nitrogens with zero attached hydrogens (tertiary/aromatic N) is 1. The van der Waals surface area contributed by atoms with Crippen molar-refractivity contribution >= 4 is 23.1 Å². The first-order valence-electron chi connectivity index (χ1n) is 5.22. The monoisotopic (exact) mass is 230 g/mol. The summed E-state index contributed by atoms with van der Waals surface area (Å²) in [6.07, 6.45) is 2.26. The number of nitrogens with two attached hydrogens (primary N) is 1. The van der Waals surface area contributed by atoms with Crippen LogP contribution in [0.2, 0.25) is 0 Å². The second-order valence-corrected chi connectivity index (χ2v) is 4.39. The normalized spacial score (nSPS) is 17.4. The van der Waals surface area contributed by atoms with E-state index in [9.17, 15) is 4.79 Å². The van der Waals surface area contributed by atoms with Crippen LogP contribution < -0.4 is 5.73 Å². The Morgan fingerprint density at radius 3 is 2.67 bits per heavy atom. The number of hydrogen-bond acceptors (Lipinski definition) is 3. The van der Waals surface area contributed by atoms with Crippen molar-refractivity contribution < 1.29 is 9.53 Å². The predicted molar refractivity (Wildman–Crippen MR) is 62.6 cm³/mol. The van der Waals surface area contributed by atoms with E-state index in [4.69, 9.17) is 22.7 Å². The average Bonchev–Trinajstić information content (AvgIpc) is 2.26. The molecule has 0 bridgehead atoms. The second-order valence-electron chi connectivity index (χ2n) is 3.86. The smallest absolute Gasteiger partial charge is 0.225 e. The molecule has 0 aromatic heterocycles. The van der Waals surface area contributed by atoms with E-state index in [0.717, 1.165) is 12.8 Å². The highest BCUT2D eigenvalue weighted by atomic mass is 32.1. The van der Waals surface area contributed by atoms with Crippen LogP contribution in [0.4, 0.5) is 0 Å². The molecule has 1 fully saturated rings. The third-order valence-electron chi connectivity index (χ3n) is 2.64. The Bertz CT molecular complexity index is 240. The molecule has 5 heteroatoms. The zero-order chi connectivity index (χ0) is 11.3. The minimum atomic E-state index is 0.120. The average molecular weight is 230 g/mol. The molecule has 1 rings (SSSR count). The fourth-order valence-electron chi connectivity index (χ4n) is 1.64. The van der Waals surface area contributed by atoms with Gasteiger partial charge in [-0.25, -0.2) is 0 Å². The van der Waals surface area contributed by atoms with Gasteiger partial charge in [0.2, 0.25) is 5.91 Å². The van der Waals surface area contributed by atoms with Gasteiger partial charge >= 0.3 is 0 Å². The SMILES string of the molecule is CN(CCC(N)=S)C(=O)C1CCOCC1. The lowest BCUT2D eigenvalue weighted by molar-refractivity contribution is -0.137. The van der Waals surface area contributed by atoms with Gasteiger partial charge in [0, 0.05) is 39.1 Å². The van der Waals surface area contributed by atoms with Crippen LogP contribution >= 0.6 is 12.2 Å². The molecule has 15 heavy (non-hydrogen) atoms. The first-order chi connectivity index (χ1) is 7.11. The zero-order valence-corrected chi connectivity index (χ0v) is 9.89. The maximum Gasteiger partial charge on any atom is 0.225 e. The first-order valence-corrected chi connectivity index (χ1v) is 5.63. The second kappa shape index (κ2) is 6.02. The molecule has 0 aromatic carbocycles. The van der Waals surface area contributed by atoms with E-state index >= 15 is 0 Å². The molecule has 2 N–H and O–H groups in total. The summed E-state index contributed by atoms with van der Waals surface area (Å²) in [7, 11) is 1.80. The molecule has 0 radical (unpaired) electrons. The Labute approximate surface area is 95.8 Å². The summed E-state index contributed by atoms with van der Waals surface area (Å²) in [6.45, 7) is 2.00. The first kappa shape index (κ1) is 12.4. The molecule has 0 atom stereocenters. The van der Waals surface area contributed by atoms with Crippen LogP contribution in [0.15, 0.2) is 0 Å². The van der Waals surface area contributed by atoms with Crippen LogP contribution in [-0.2, 0) is 9.53 Å². The van der Waals surface area contributed by atoms with Gasteiger partial charge < -0.3 is 15.4 Å². The van der Waals surface area contributed by atoms with Crippen LogP contribution in [0.3, 0.4) is 0 Å². The summed E-state index contributed by atoms with van der Waals surface area (Å²) in [4.78, 5) is 14.1. The van der Waals surface area contributed by atoms with E-state index in [-0.39, 0.29) is 11.8 Å². The van der Waals surface area contributed by atoms with Crippen molar-refractivity contribution in [1.29, 1.82) is 0 Å². The van der Waals surface area contributed by atoms with E-state index in [1.807, 2.05) is 0 Å². The van der Waals surface area contributed by atoms with Crippen molar-refractivity contribution in [3.05, 3.63) is 0 Å². The standard InChI is InChI=1S/C10H18N2O2S/c1-12(5-2-9(11)15)10(13)8-3-6-14-7-4-8/h8H,2-7H2,1H3,(H2,11,15). The van der Waals surface area contributed by atoms with Gasteiger partial charge in [-0.1, -0.05) is 12.2 Å². The van der Waals surface area contributed by atoms with Crippen molar-refractivity contribution in [2.45, 2.75) is 19.3 Å². The molecule has 0 saturated carbocycles. The van der Waals surface area contributed by atoms with Crippen LogP contribution in [0.1, 0.15) is 19.3 Å². The van der Waals surface area contributed by atoms with Crippen molar-refractivity contribution in [3.8, 4) is 0 Å². The van der Waals surface area contributed by atoms with Gasteiger partial charge in [-0.05, 0) is 12.8 Å². The van der Waals surface area contributed by atoms with Crippen molar-refractivity contribution in [2.75, 3.05) is 26.8 Å². The Hall–Kier alpha value is -0.680. The molecule has 0 unspecified atom stereocenters. The molecule has 1 aliphatic rings. The lowest BCUT2D eigenvalue weighted by atomic mass is 9.99. The number of thiocarbonyl (C=S) groups is 1. The molecule has 1 amide bonds. The molecule has 1 saturated heterocycles. The highest BCUT2D eigenvalue weighted by Gasteiger charge is 2.24. The molecule has 0 aliphatic carbocycles. The minimum absolute atomic E-state index is 0.120. The number of amides is 1. The third kappa shape index (κ3) is 4.13. The Kier molecular flexibility index (Phi) is 4.98. The molecule has 1 heterocycles. The van der Waals surface area contributed by atoms with Gasteiger partial charge in [-0.3, -0.25) is 4.79 Å². The van der Waals surface area contributed by atoms with Crippen LogP contribution in [0, 0.1) is 5.92 Å².